The van der Waals surface area contributed by atoms with Crippen LogP contribution in [0.4, 0.5) is 5.69 Å². The molecule has 2 heteroatoms. The minimum absolute atomic E-state index is 0.593. The van der Waals surface area contributed by atoms with E-state index in [1.165, 1.54) is 36.1 Å². The number of nitrogens with zero attached hydrogens (tertiary/aromatic N) is 1. The molecule has 0 aliphatic heterocycles. The molecular weight excluding hydrogens is 226 g/mol. The van der Waals surface area contributed by atoms with Crippen LogP contribution in [0, 0.1) is 0 Å². The van der Waals surface area contributed by atoms with Crippen LogP contribution < -0.4 is 4.31 Å². The molecule has 2 rings (SSSR count). The van der Waals surface area contributed by atoms with Crippen LogP contribution in [0.2, 0.25) is 0 Å². The fraction of sp³-hybridized carbons (Fsp3) is 0.600. The van der Waals surface area contributed by atoms with Crippen LogP contribution in [0.15, 0.2) is 18.2 Å². The van der Waals surface area contributed by atoms with Gasteiger partial charge in [0.1, 0.15) is 0 Å². The van der Waals surface area contributed by atoms with E-state index in [1.807, 2.05) is 0 Å². The first kappa shape index (κ1) is 12.8. The Morgan fingerprint density at radius 3 is 2.47 bits per heavy atom. The van der Waals surface area contributed by atoms with E-state index in [0.717, 1.165) is 5.92 Å². The van der Waals surface area contributed by atoms with Crippen molar-refractivity contribution in [3.8, 4) is 0 Å². The topological polar surface area (TPSA) is 3.24 Å². The SMILES string of the molecule is CSN(C)c1cc(C2CCC2)ccc1C(C)C. The lowest BCUT2D eigenvalue weighted by molar-refractivity contribution is 0.420. The van der Waals surface area contributed by atoms with Gasteiger partial charge < -0.3 is 4.31 Å². The second-order valence-electron chi connectivity index (χ2n) is 5.28. The van der Waals surface area contributed by atoms with E-state index in [1.54, 1.807) is 11.9 Å². The Kier molecular flexibility index (Phi) is 4.03. The maximum atomic E-state index is 2.41. The smallest absolute Gasteiger partial charge is 0.0503 e. The standard InChI is InChI=1S/C15H23NS/c1-11(2)14-9-8-13(12-6-5-7-12)10-15(14)16(3)17-4/h8-12H,5-7H2,1-4H3. The van der Waals surface area contributed by atoms with Gasteiger partial charge in [-0.15, -0.1) is 0 Å². The Labute approximate surface area is 110 Å². The van der Waals surface area contributed by atoms with Crippen molar-refractivity contribution in [1.82, 2.24) is 0 Å². The monoisotopic (exact) mass is 249 g/mol. The molecule has 0 heterocycles. The number of hydrogen-bond acceptors (Lipinski definition) is 2. The molecule has 0 N–H and O–H groups in total. The summed E-state index contributed by atoms with van der Waals surface area (Å²) >= 11 is 1.79. The Hall–Kier alpha value is -0.630. The maximum absolute atomic E-state index is 2.41. The molecule has 1 fully saturated rings. The molecule has 0 aromatic heterocycles. The Bertz CT molecular complexity index is 383. The third-order valence-electron chi connectivity index (χ3n) is 3.87. The van der Waals surface area contributed by atoms with E-state index in [9.17, 15) is 0 Å². The van der Waals surface area contributed by atoms with Crippen LogP contribution in [0.25, 0.3) is 0 Å². The average Bonchev–Trinajstić information content (AvgIpc) is 2.25. The molecule has 94 valence electrons. The average molecular weight is 249 g/mol. The number of anilines is 1. The lowest BCUT2D eigenvalue weighted by Crippen LogP contribution is -2.13. The van der Waals surface area contributed by atoms with E-state index in [2.05, 4.69) is 49.7 Å². The molecule has 1 aliphatic rings. The summed E-state index contributed by atoms with van der Waals surface area (Å²) in [6.07, 6.45) is 6.30. The molecule has 0 atom stereocenters. The van der Waals surface area contributed by atoms with Crippen molar-refractivity contribution in [1.29, 1.82) is 0 Å². The molecular formula is C15H23NS. The van der Waals surface area contributed by atoms with Crippen LogP contribution in [-0.4, -0.2) is 13.3 Å². The zero-order valence-corrected chi connectivity index (χ0v) is 12.2. The van der Waals surface area contributed by atoms with Gasteiger partial charge in [-0.1, -0.05) is 44.3 Å². The van der Waals surface area contributed by atoms with Gasteiger partial charge in [-0.25, -0.2) is 0 Å². The van der Waals surface area contributed by atoms with Gasteiger partial charge in [0.15, 0.2) is 0 Å². The molecule has 1 saturated carbocycles. The van der Waals surface area contributed by atoms with Crippen molar-refractivity contribution < 1.29 is 0 Å². The summed E-state index contributed by atoms with van der Waals surface area (Å²) in [5.41, 5.74) is 4.40. The summed E-state index contributed by atoms with van der Waals surface area (Å²) in [4.78, 5) is 0. The van der Waals surface area contributed by atoms with Crippen LogP contribution in [0.5, 0.6) is 0 Å². The highest BCUT2D eigenvalue weighted by Crippen LogP contribution is 2.40. The van der Waals surface area contributed by atoms with Crippen LogP contribution in [0.1, 0.15) is 56.1 Å². The highest BCUT2D eigenvalue weighted by Gasteiger charge is 2.21. The molecule has 0 saturated heterocycles. The minimum Gasteiger partial charge on any atom is -0.319 e. The molecule has 1 nitrogen and oxygen atoms in total. The van der Waals surface area contributed by atoms with Gasteiger partial charge in [-0.2, -0.15) is 0 Å². The molecule has 0 radical (unpaired) electrons. The van der Waals surface area contributed by atoms with Gasteiger partial charge >= 0.3 is 0 Å². The lowest BCUT2D eigenvalue weighted by Gasteiger charge is -2.29. The van der Waals surface area contributed by atoms with Crippen LogP contribution in [-0.2, 0) is 0 Å². The first-order chi connectivity index (χ1) is 8.13. The van der Waals surface area contributed by atoms with Gasteiger partial charge in [-0.3, -0.25) is 0 Å². The van der Waals surface area contributed by atoms with Gasteiger partial charge in [0.05, 0.1) is 5.69 Å². The highest BCUT2D eigenvalue weighted by molar-refractivity contribution is 7.99. The van der Waals surface area contributed by atoms with Crippen molar-refractivity contribution in [3.05, 3.63) is 29.3 Å². The van der Waals surface area contributed by atoms with E-state index in [-0.39, 0.29) is 0 Å². The quantitative estimate of drug-likeness (QED) is 0.706. The van der Waals surface area contributed by atoms with Crippen LogP contribution >= 0.6 is 11.9 Å². The summed E-state index contributed by atoms with van der Waals surface area (Å²) in [6.45, 7) is 4.55. The maximum Gasteiger partial charge on any atom is 0.0503 e. The summed E-state index contributed by atoms with van der Waals surface area (Å²) in [5.74, 6) is 1.42. The fourth-order valence-electron chi connectivity index (χ4n) is 2.42. The van der Waals surface area contributed by atoms with E-state index >= 15 is 0 Å². The molecule has 1 aliphatic carbocycles. The van der Waals surface area contributed by atoms with Crippen molar-refractivity contribution >= 4 is 17.6 Å². The summed E-state index contributed by atoms with van der Waals surface area (Å²) < 4.78 is 2.29. The molecule has 0 amide bonds. The summed E-state index contributed by atoms with van der Waals surface area (Å²) in [6, 6.07) is 7.09. The molecule has 0 spiro atoms. The fourth-order valence-corrected chi connectivity index (χ4v) is 2.77. The van der Waals surface area contributed by atoms with E-state index < -0.39 is 0 Å². The zero-order valence-electron chi connectivity index (χ0n) is 11.4. The number of rotatable bonds is 4. The first-order valence-electron chi connectivity index (χ1n) is 6.55. The van der Waals surface area contributed by atoms with Gasteiger partial charge in [0.2, 0.25) is 0 Å². The predicted octanol–water partition coefficient (Wildman–Crippen LogP) is 4.79. The van der Waals surface area contributed by atoms with E-state index in [4.69, 9.17) is 0 Å². The van der Waals surface area contributed by atoms with E-state index in [0.29, 0.717) is 5.92 Å². The normalized spacial score (nSPS) is 16.1. The Morgan fingerprint density at radius 2 is 2.00 bits per heavy atom. The number of benzene rings is 1. The number of hydrogen-bond donors (Lipinski definition) is 0. The third kappa shape index (κ3) is 2.62. The zero-order chi connectivity index (χ0) is 12.4. The third-order valence-corrected chi connectivity index (χ3v) is 4.61. The second-order valence-corrected chi connectivity index (χ2v) is 6.19. The second kappa shape index (κ2) is 5.34. The molecule has 1 aromatic rings. The Morgan fingerprint density at radius 1 is 1.29 bits per heavy atom. The van der Waals surface area contributed by atoms with Crippen molar-refractivity contribution in [3.63, 3.8) is 0 Å². The first-order valence-corrected chi connectivity index (χ1v) is 7.73. The van der Waals surface area contributed by atoms with Gasteiger partial charge in [0.25, 0.3) is 0 Å². The molecule has 0 bridgehead atoms. The summed E-state index contributed by atoms with van der Waals surface area (Å²) in [7, 11) is 2.16. The largest absolute Gasteiger partial charge is 0.319 e. The van der Waals surface area contributed by atoms with Crippen LogP contribution in [0.3, 0.4) is 0 Å². The Balaban J connectivity index is 2.34. The van der Waals surface area contributed by atoms with Crippen molar-refractivity contribution in [2.75, 3.05) is 17.6 Å². The van der Waals surface area contributed by atoms with Crippen molar-refractivity contribution in [2.45, 2.75) is 44.9 Å². The predicted molar refractivity (Wildman–Crippen MR) is 79.0 cm³/mol. The molecule has 0 unspecified atom stereocenters. The lowest BCUT2D eigenvalue weighted by atomic mass is 9.79. The molecule has 1 aromatic carbocycles. The minimum atomic E-state index is 0.593. The van der Waals surface area contributed by atoms with Gasteiger partial charge in [0, 0.05) is 13.3 Å². The van der Waals surface area contributed by atoms with Gasteiger partial charge in [-0.05, 0) is 41.9 Å². The van der Waals surface area contributed by atoms with Crippen molar-refractivity contribution in [2.24, 2.45) is 0 Å². The highest BCUT2D eigenvalue weighted by atomic mass is 32.2. The molecule has 17 heavy (non-hydrogen) atoms. The summed E-state index contributed by atoms with van der Waals surface area (Å²) in [5, 5.41) is 0.